The Kier molecular flexibility index (Phi) is 5.13. The highest BCUT2D eigenvalue weighted by Crippen LogP contribution is 2.43. The lowest BCUT2D eigenvalue weighted by molar-refractivity contribution is -0.121. The Morgan fingerprint density at radius 1 is 1.42 bits per heavy atom. The molecule has 1 aromatic rings. The molecule has 0 aliphatic carbocycles. The van der Waals surface area contributed by atoms with E-state index in [9.17, 15) is 13.2 Å². The zero-order valence-corrected chi connectivity index (χ0v) is 15.8. The Hall–Kier alpha value is -0.800. The maximum absolute atomic E-state index is 12.0. The quantitative estimate of drug-likeness (QED) is 0.762. The van der Waals surface area contributed by atoms with Crippen LogP contribution in [0.2, 0.25) is 10.0 Å². The van der Waals surface area contributed by atoms with Crippen LogP contribution in [0.3, 0.4) is 0 Å². The summed E-state index contributed by atoms with van der Waals surface area (Å²) < 4.78 is 28.8. The van der Waals surface area contributed by atoms with Crippen molar-refractivity contribution in [1.29, 1.82) is 0 Å². The van der Waals surface area contributed by atoms with Crippen molar-refractivity contribution in [2.24, 2.45) is 4.99 Å². The van der Waals surface area contributed by atoms with E-state index in [0.717, 1.165) is 0 Å². The van der Waals surface area contributed by atoms with Gasteiger partial charge in [0, 0.05) is 17.4 Å². The minimum atomic E-state index is -3.13. The van der Waals surface area contributed by atoms with E-state index in [1.807, 2.05) is 0 Å². The molecule has 0 unspecified atom stereocenters. The van der Waals surface area contributed by atoms with E-state index in [1.54, 1.807) is 23.1 Å². The molecule has 0 radical (unpaired) electrons. The molecular formula is C14H14Cl2N2O4S2. The average Bonchev–Trinajstić information content (AvgIpc) is 2.93. The van der Waals surface area contributed by atoms with Crippen LogP contribution in [0.25, 0.3) is 0 Å². The Morgan fingerprint density at radius 3 is 2.88 bits per heavy atom. The molecular weight excluding hydrogens is 395 g/mol. The van der Waals surface area contributed by atoms with E-state index in [0.29, 0.717) is 20.9 Å². The number of rotatable bonds is 3. The Labute approximate surface area is 154 Å². The lowest BCUT2D eigenvalue weighted by Crippen LogP contribution is -2.38. The molecule has 0 saturated carbocycles. The highest BCUT2D eigenvalue weighted by molar-refractivity contribution is 8.16. The summed E-state index contributed by atoms with van der Waals surface area (Å²) in [7, 11) is -1.73. The number of carbonyl (C=O) groups excluding carboxylic acids is 1. The number of benzene rings is 1. The van der Waals surface area contributed by atoms with Gasteiger partial charge in [-0.15, -0.1) is 0 Å². The number of aliphatic imine (C=N–C) groups is 1. The van der Waals surface area contributed by atoms with E-state index in [4.69, 9.17) is 27.9 Å². The topological polar surface area (TPSA) is 76.0 Å². The summed E-state index contributed by atoms with van der Waals surface area (Å²) in [6, 6.07) is 4.60. The zero-order valence-electron chi connectivity index (χ0n) is 12.6. The molecule has 1 aromatic carbocycles. The third kappa shape index (κ3) is 3.57. The first kappa shape index (κ1) is 18.0. The first-order valence-electron chi connectivity index (χ1n) is 7.02. The third-order valence-corrected chi connectivity index (χ3v) is 7.49. The van der Waals surface area contributed by atoms with Gasteiger partial charge in [0.1, 0.15) is 6.61 Å². The van der Waals surface area contributed by atoms with Crippen LogP contribution in [-0.2, 0) is 19.4 Å². The van der Waals surface area contributed by atoms with Crippen molar-refractivity contribution in [2.75, 3.05) is 30.1 Å². The Balaban J connectivity index is 2.04. The average molecular weight is 409 g/mol. The molecule has 2 fully saturated rings. The van der Waals surface area contributed by atoms with E-state index in [-0.39, 0.29) is 29.4 Å². The minimum Gasteiger partial charge on any atom is -0.375 e. The first-order chi connectivity index (χ1) is 11.3. The van der Waals surface area contributed by atoms with Crippen LogP contribution in [0.5, 0.6) is 0 Å². The smallest absolute Gasteiger partial charge is 0.274 e. The number of nitrogens with zero attached hydrogens (tertiary/aromatic N) is 2. The van der Waals surface area contributed by atoms with Gasteiger partial charge in [0.25, 0.3) is 5.91 Å². The van der Waals surface area contributed by atoms with Gasteiger partial charge in [0.2, 0.25) is 0 Å². The van der Waals surface area contributed by atoms with Crippen LogP contribution < -0.4 is 4.90 Å². The highest BCUT2D eigenvalue weighted by atomic mass is 35.5. The Bertz CT molecular complexity index is 813. The van der Waals surface area contributed by atoms with Gasteiger partial charge < -0.3 is 9.64 Å². The van der Waals surface area contributed by atoms with Gasteiger partial charge >= 0.3 is 0 Å². The molecule has 24 heavy (non-hydrogen) atoms. The number of thioether (sulfide) groups is 1. The number of fused-ring (bicyclic) bond motifs is 1. The highest BCUT2D eigenvalue weighted by Gasteiger charge is 2.49. The fourth-order valence-corrected chi connectivity index (χ4v) is 7.08. The van der Waals surface area contributed by atoms with Crippen molar-refractivity contribution in [2.45, 2.75) is 11.3 Å². The second-order valence-corrected chi connectivity index (χ2v) is 9.69. The van der Waals surface area contributed by atoms with Crippen molar-refractivity contribution in [3.05, 3.63) is 28.2 Å². The van der Waals surface area contributed by atoms with Gasteiger partial charge in [0.15, 0.2) is 15.0 Å². The molecule has 2 aliphatic rings. The van der Waals surface area contributed by atoms with Crippen LogP contribution >= 0.6 is 35.0 Å². The van der Waals surface area contributed by atoms with Gasteiger partial charge in [-0.25, -0.2) is 8.42 Å². The van der Waals surface area contributed by atoms with E-state index in [2.05, 4.69) is 4.99 Å². The summed E-state index contributed by atoms with van der Waals surface area (Å²) in [5, 5.41) is 1.10. The summed E-state index contributed by atoms with van der Waals surface area (Å²) in [5.74, 6) is -0.398. The van der Waals surface area contributed by atoms with Crippen molar-refractivity contribution in [1.82, 2.24) is 0 Å². The maximum atomic E-state index is 12.0. The number of hydrogen-bond acceptors (Lipinski definition) is 5. The predicted octanol–water partition coefficient (Wildman–Crippen LogP) is 2.24. The van der Waals surface area contributed by atoms with Gasteiger partial charge in [-0.05, 0) is 18.2 Å². The standard InChI is InChI=1S/C14H14Cl2N2O4S2/c1-22-5-13(19)17-14-18(10-4-8(15)2-3-9(10)16)11-6-24(20,21)7-12(11)23-14/h2-4,11-12H,5-7H2,1H3/t11-,12+/m1/s1. The molecule has 2 aliphatic heterocycles. The second-order valence-electron chi connectivity index (χ2n) is 5.49. The number of anilines is 1. The van der Waals surface area contributed by atoms with Crippen molar-refractivity contribution in [3.8, 4) is 0 Å². The maximum Gasteiger partial charge on any atom is 0.274 e. The molecule has 0 bridgehead atoms. The molecule has 1 amide bonds. The summed E-state index contributed by atoms with van der Waals surface area (Å²) in [6.45, 7) is -0.144. The van der Waals surface area contributed by atoms with Crippen LogP contribution in [0.1, 0.15) is 0 Å². The molecule has 6 nitrogen and oxygen atoms in total. The molecule has 130 valence electrons. The van der Waals surface area contributed by atoms with Gasteiger partial charge in [-0.1, -0.05) is 35.0 Å². The molecule has 0 N–H and O–H groups in total. The number of methoxy groups -OCH3 is 1. The predicted molar refractivity (Wildman–Crippen MR) is 97.1 cm³/mol. The lowest BCUT2D eigenvalue weighted by atomic mass is 10.2. The summed E-state index contributed by atoms with van der Waals surface area (Å²) >= 11 is 13.6. The number of sulfone groups is 1. The van der Waals surface area contributed by atoms with E-state index < -0.39 is 15.7 Å². The number of ether oxygens (including phenoxy) is 1. The molecule has 0 spiro atoms. The van der Waals surface area contributed by atoms with E-state index in [1.165, 1.54) is 18.9 Å². The van der Waals surface area contributed by atoms with Crippen molar-refractivity contribution in [3.63, 3.8) is 0 Å². The normalized spacial score (nSPS) is 26.8. The van der Waals surface area contributed by atoms with Gasteiger partial charge in [-0.2, -0.15) is 4.99 Å². The van der Waals surface area contributed by atoms with Crippen molar-refractivity contribution >= 4 is 61.6 Å². The number of amidine groups is 1. The minimum absolute atomic E-state index is 0.00893. The molecule has 3 rings (SSSR count). The van der Waals surface area contributed by atoms with E-state index >= 15 is 0 Å². The fraction of sp³-hybridized carbons (Fsp3) is 0.429. The number of carbonyl (C=O) groups is 1. The number of hydrogen-bond donors (Lipinski definition) is 0. The molecule has 2 atom stereocenters. The summed E-state index contributed by atoms with van der Waals surface area (Å²) in [4.78, 5) is 17.6. The monoisotopic (exact) mass is 408 g/mol. The van der Waals surface area contributed by atoms with Crippen molar-refractivity contribution < 1.29 is 17.9 Å². The van der Waals surface area contributed by atoms with Crippen LogP contribution in [-0.4, -0.2) is 56.0 Å². The summed E-state index contributed by atoms with van der Waals surface area (Å²) in [5.41, 5.74) is 0.547. The molecule has 0 aromatic heterocycles. The summed E-state index contributed by atoms with van der Waals surface area (Å²) in [6.07, 6.45) is 0. The zero-order chi connectivity index (χ0) is 17.5. The first-order valence-corrected chi connectivity index (χ1v) is 10.5. The lowest BCUT2D eigenvalue weighted by Gasteiger charge is -2.25. The molecule has 2 heterocycles. The third-order valence-electron chi connectivity index (χ3n) is 3.72. The van der Waals surface area contributed by atoms with Crippen LogP contribution in [0, 0.1) is 0 Å². The SMILES string of the molecule is COCC(=O)N=C1S[C@H]2CS(=O)(=O)C[C@H]2N1c1cc(Cl)ccc1Cl. The fourth-order valence-electron chi connectivity index (χ4n) is 2.78. The van der Waals surface area contributed by atoms with Gasteiger partial charge in [-0.3, -0.25) is 4.79 Å². The van der Waals surface area contributed by atoms with Crippen LogP contribution in [0.15, 0.2) is 23.2 Å². The van der Waals surface area contributed by atoms with Crippen LogP contribution in [0.4, 0.5) is 5.69 Å². The Morgan fingerprint density at radius 2 is 2.17 bits per heavy atom. The molecule has 10 heteroatoms. The second kappa shape index (κ2) is 6.84. The molecule has 2 saturated heterocycles. The largest absolute Gasteiger partial charge is 0.375 e. The van der Waals surface area contributed by atoms with Gasteiger partial charge in [0.05, 0.1) is 28.3 Å². The number of halogens is 2. The number of amides is 1.